The number of esters is 1. The first-order valence-corrected chi connectivity index (χ1v) is 5.11. The van der Waals surface area contributed by atoms with E-state index in [2.05, 4.69) is 9.73 Å². The van der Waals surface area contributed by atoms with Crippen molar-refractivity contribution in [3.63, 3.8) is 0 Å². The van der Waals surface area contributed by atoms with E-state index < -0.39 is 0 Å². The maximum atomic E-state index is 10.8. The molecule has 0 heterocycles. The molecular weight excluding hydrogens is 222 g/mol. The highest BCUT2D eigenvalue weighted by Gasteiger charge is 2.01. The summed E-state index contributed by atoms with van der Waals surface area (Å²) >= 11 is 0. The lowest BCUT2D eigenvalue weighted by Gasteiger charge is -2.02. The summed E-state index contributed by atoms with van der Waals surface area (Å²) in [4.78, 5) is 14.8. The van der Waals surface area contributed by atoms with Crippen molar-refractivity contribution in [3.8, 4) is 11.5 Å². The van der Waals surface area contributed by atoms with Gasteiger partial charge in [0, 0.05) is 18.3 Å². The minimum atomic E-state index is -0.308. The minimum Gasteiger partial charge on any atom is -0.507 e. The molecule has 1 rings (SSSR count). The van der Waals surface area contributed by atoms with Crippen molar-refractivity contribution in [2.45, 2.75) is 6.42 Å². The molecule has 0 aliphatic carbocycles. The number of aliphatic imine (C=N–C) groups is 1. The third-order valence-electron chi connectivity index (χ3n) is 2.14. The van der Waals surface area contributed by atoms with Crippen molar-refractivity contribution < 1.29 is 19.4 Å². The van der Waals surface area contributed by atoms with Gasteiger partial charge in [-0.15, -0.1) is 0 Å². The molecule has 0 amide bonds. The van der Waals surface area contributed by atoms with E-state index in [9.17, 15) is 9.90 Å². The molecule has 0 aromatic heterocycles. The van der Waals surface area contributed by atoms with E-state index in [1.807, 2.05) is 0 Å². The van der Waals surface area contributed by atoms with Crippen LogP contribution in [0.2, 0.25) is 0 Å². The molecule has 1 aromatic rings. The summed E-state index contributed by atoms with van der Waals surface area (Å²) < 4.78 is 9.51. The number of ether oxygens (including phenoxy) is 2. The standard InChI is InChI=1S/C12H15NO4/c1-16-10-3-4-11(14)9(7-10)8-13-6-5-12(15)17-2/h3-4,7-8,14H,5-6H2,1-2H3. The molecule has 0 radical (unpaired) electrons. The maximum absolute atomic E-state index is 10.8. The minimum absolute atomic E-state index is 0.118. The average Bonchev–Trinajstić information content (AvgIpc) is 2.36. The molecule has 0 aliphatic rings. The van der Waals surface area contributed by atoms with Gasteiger partial charge >= 0.3 is 5.97 Å². The van der Waals surface area contributed by atoms with Crippen LogP contribution >= 0.6 is 0 Å². The van der Waals surface area contributed by atoms with E-state index in [1.165, 1.54) is 19.4 Å². The Morgan fingerprint density at radius 1 is 1.47 bits per heavy atom. The summed E-state index contributed by atoms with van der Waals surface area (Å²) in [5, 5.41) is 9.55. The van der Waals surface area contributed by atoms with Gasteiger partial charge in [-0.1, -0.05) is 0 Å². The van der Waals surface area contributed by atoms with Crippen LogP contribution in [0.15, 0.2) is 23.2 Å². The Kier molecular flexibility index (Phi) is 5.00. The third-order valence-corrected chi connectivity index (χ3v) is 2.14. The first-order chi connectivity index (χ1) is 8.17. The lowest BCUT2D eigenvalue weighted by atomic mass is 10.2. The van der Waals surface area contributed by atoms with Crippen molar-refractivity contribution in [2.24, 2.45) is 4.99 Å². The van der Waals surface area contributed by atoms with Crippen LogP contribution in [-0.4, -0.2) is 38.1 Å². The van der Waals surface area contributed by atoms with Crippen LogP contribution in [0.25, 0.3) is 0 Å². The van der Waals surface area contributed by atoms with Crippen LogP contribution in [0.3, 0.4) is 0 Å². The Labute approximate surface area is 99.7 Å². The van der Waals surface area contributed by atoms with E-state index in [4.69, 9.17) is 4.74 Å². The fourth-order valence-electron chi connectivity index (χ4n) is 1.18. The normalized spacial score (nSPS) is 10.5. The molecular formula is C12H15NO4. The van der Waals surface area contributed by atoms with Crippen LogP contribution in [0.4, 0.5) is 0 Å². The fourth-order valence-corrected chi connectivity index (χ4v) is 1.18. The molecule has 0 atom stereocenters. The van der Waals surface area contributed by atoms with Crippen LogP contribution in [-0.2, 0) is 9.53 Å². The predicted octanol–water partition coefficient (Wildman–Crippen LogP) is 1.38. The van der Waals surface area contributed by atoms with Crippen LogP contribution in [0.1, 0.15) is 12.0 Å². The highest BCUT2D eigenvalue weighted by atomic mass is 16.5. The number of methoxy groups -OCH3 is 2. The summed E-state index contributed by atoms with van der Waals surface area (Å²) in [5.41, 5.74) is 0.550. The molecule has 0 saturated carbocycles. The van der Waals surface area contributed by atoms with Gasteiger partial charge in [-0.25, -0.2) is 0 Å². The van der Waals surface area contributed by atoms with Crippen molar-refractivity contribution in [1.82, 2.24) is 0 Å². The third kappa shape index (κ3) is 4.14. The molecule has 0 spiro atoms. The van der Waals surface area contributed by atoms with Gasteiger partial charge in [0.15, 0.2) is 0 Å². The molecule has 0 bridgehead atoms. The number of carbonyl (C=O) groups excluding carboxylic acids is 1. The van der Waals surface area contributed by atoms with E-state index in [-0.39, 0.29) is 18.1 Å². The quantitative estimate of drug-likeness (QED) is 0.620. The Morgan fingerprint density at radius 2 is 2.24 bits per heavy atom. The van der Waals surface area contributed by atoms with E-state index in [0.717, 1.165) is 0 Å². The lowest BCUT2D eigenvalue weighted by molar-refractivity contribution is -0.140. The molecule has 0 unspecified atom stereocenters. The number of hydrogen-bond donors (Lipinski definition) is 1. The van der Waals surface area contributed by atoms with Crippen LogP contribution < -0.4 is 4.74 Å². The Balaban J connectivity index is 2.61. The number of phenolic OH excluding ortho intramolecular Hbond substituents is 1. The van der Waals surface area contributed by atoms with E-state index in [1.54, 1.807) is 19.2 Å². The van der Waals surface area contributed by atoms with Crippen LogP contribution in [0, 0.1) is 0 Å². The van der Waals surface area contributed by atoms with Crippen molar-refractivity contribution in [3.05, 3.63) is 23.8 Å². The lowest BCUT2D eigenvalue weighted by Crippen LogP contribution is -2.01. The second-order valence-electron chi connectivity index (χ2n) is 3.29. The Bertz CT molecular complexity index is 415. The highest BCUT2D eigenvalue weighted by molar-refractivity contribution is 5.84. The van der Waals surface area contributed by atoms with Gasteiger partial charge in [0.2, 0.25) is 0 Å². The van der Waals surface area contributed by atoms with E-state index >= 15 is 0 Å². The molecule has 5 nitrogen and oxygen atoms in total. The number of rotatable bonds is 5. The summed E-state index contributed by atoms with van der Waals surface area (Å²) in [6.45, 7) is 0.323. The predicted molar refractivity (Wildman–Crippen MR) is 63.8 cm³/mol. The number of hydrogen-bond acceptors (Lipinski definition) is 5. The highest BCUT2D eigenvalue weighted by Crippen LogP contribution is 2.20. The fraction of sp³-hybridized carbons (Fsp3) is 0.333. The molecule has 1 N–H and O–H groups in total. The zero-order valence-corrected chi connectivity index (χ0v) is 9.84. The van der Waals surface area contributed by atoms with E-state index in [0.29, 0.717) is 17.9 Å². The topological polar surface area (TPSA) is 68.1 Å². The SMILES string of the molecule is COC(=O)CCN=Cc1cc(OC)ccc1O. The number of benzene rings is 1. The second kappa shape index (κ2) is 6.52. The summed E-state index contributed by atoms with van der Waals surface area (Å²) in [7, 11) is 2.88. The van der Waals surface area contributed by atoms with Crippen molar-refractivity contribution >= 4 is 12.2 Å². The maximum Gasteiger partial charge on any atom is 0.307 e. The van der Waals surface area contributed by atoms with Crippen molar-refractivity contribution in [2.75, 3.05) is 20.8 Å². The Hall–Kier alpha value is -2.04. The number of phenols is 1. The monoisotopic (exact) mass is 237 g/mol. The first kappa shape index (κ1) is 13.0. The van der Waals surface area contributed by atoms with Crippen LogP contribution in [0.5, 0.6) is 11.5 Å². The molecule has 0 saturated heterocycles. The first-order valence-electron chi connectivity index (χ1n) is 5.11. The molecule has 0 aliphatic heterocycles. The zero-order chi connectivity index (χ0) is 12.7. The van der Waals surface area contributed by atoms with Gasteiger partial charge < -0.3 is 14.6 Å². The average molecular weight is 237 g/mol. The van der Waals surface area contributed by atoms with Gasteiger partial charge in [0.25, 0.3) is 0 Å². The largest absolute Gasteiger partial charge is 0.507 e. The van der Waals surface area contributed by atoms with Gasteiger partial charge in [0.05, 0.1) is 20.6 Å². The molecule has 92 valence electrons. The van der Waals surface area contributed by atoms with Gasteiger partial charge in [-0.05, 0) is 18.2 Å². The van der Waals surface area contributed by atoms with Crippen molar-refractivity contribution in [1.29, 1.82) is 0 Å². The molecule has 5 heteroatoms. The second-order valence-corrected chi connectivity index (χ2v) is 3.29. The Morgan fingerprint density at radius 3 is 2.88 bits per heavy atom. The number of aromatic hydroxyl groups is 1. The molecule has 17 heavy (non-hydrogen) atoms. The molecule has 1 aromatic carbocycles. The number of nitrogens with zero attached hydrogens (tertiary/aromatic N) is 1. The smallest absolute Gasteiger partial charge is 0.307 e. The molecule has 0 fully saturated rings. The van der Waals surface area contributed by atoms with Gasteiger partial charge in [-0.3, -0.25) is 9.79 Å². The zero-order valence-electron chi connectivity index (χ0n) is 9.84. The number of carbonyl (C=O) groups is 1. The van der Waals surface area contributed by atoms with Gasteiger partial charge in [-0.2, -0.15) is 0 Å². The summed E-state index contributed by atoms with van der Waals surface area (Å²) in [6, 6.07) is 4.85. The van der Waals surface area contributed by atoms with Gasteiger partial charge in [0.1, 0.15) is 11.5 Å². The summed E-state index contributed by atoms with van der Waals surface area (Å²) in [6.07, 6.45) is 1.72. The summed E-state index contributed by atoms with van der Waals surface area (Å²) in [5.74, 6) is 0.446.